The Labute approximate surface area is 124 Å². The van der Waals surface area contributed by atoms with E-state index in [4.69, 9.17) is 9.84 Å². The minimum absolute atomic E-state index is 0.200. The number of aliphatic carboxylic acids is 1. The molecule has 2 N–H and O–H groups in total. The van der Waals surface area contributed by atoms with Crippen LogP contribution in [0.25, 0.3) is 0 Å². The lowest BCUT2D eigenvalue weighted by Crippen LogP contribution is -2.50. The van der Waals surface area contributed by atoms with Crippen molar-refractivity contribution in [2.75, 3.05) is 13.2 Å². The molecule has 0 bridgehead atoms. The Hall–Kier alpha value is -1.88. The molecule has 1 saturated carbocycles. The Bertz CT molecular complexity index is 525. The second-order valence-corrected chi connectivity index (χ2v) is 5.28. The minimum atomic E-state index is -1.02. The van der Waals surface area contributed by atoms with Crippen LogP contribution < -0.4 is 10.1 Å². The van der Waals surface area contributed by atoms with Crippen LogP contribution in [0.1, 0.15) is 38.2 Å². The highest BCUT2D eigenvalue weighted by Crippen LogP contribution is 2.35. The first kappa shape index (κ1) is 15.5. The van der Waals surface area contributed by atoms with Crippen molar-refractivity contribution in [3.8, 4) is 5.75 Å². The van der Waals surface area contributed by atoms with Crippen molar-refractivity contribution in [1.82, 2.24) is 5.32 Å². The van der Waals surface area contributed by atoms with Crippen molar-refractivity contribution >= 4 is 11.8 Å². The van der Waals surface area contributed by atoms with Gasteiger partial charge in [-0.15, -0.1) is 0 Å². The lowest BCUT2D eigenvalue weighted by Gasteiger charge is -2.37. The molecule has 0 spiro atoms. The van der Waals surface area contributed by atoms with E-state index in [1.807, 2.05) is 13.0 Å². The fourth-order valence-corrected chi connectivity index (χ4v) is 2.92. The van der Waals surface area contributed by atoms with Crippen molar-refractivity contribution in [2.24, 2.45) is 0 Å². The van der Waals surface area contributed by atoms with Crippen LogP contribution in [0.3, 0.4) is 0 Å². The van der Waals surface area contributed by atoms with Crippen LogP contribution in [0, 0.1) is 0 Å². The van der Waals surface area contributed by atoms with Gasteiger partial charge in [-0.25, -0.2) is 4.79 Å². The van der Waals surface area contributed by atoms with E-state index in [9.17, 15) is 9.59 Å². The molecule has 0 saturated heterocycles. The van der Waals surface area contributed by atoms with Crippen LogP contribution in [0.15, 0.2) is 24.3 Å². The molecular formula is C16H21NO4. The number of ketones is 1. The summed E-state index contributed by atoms with van der Waals surface area (Å²) in [5, 5.41) is 12.0. The summed E-state index contributed by atoms with van der Waals surface area (Å²) in [4.78, 5) is 23.1. The van der Waals surface area contributed by atoms with E-state index in [2.05, 4.69) is 5.32 Å². The number of benzene rings is 1. The molecule has 1 unspecified atom stereocenters. The number of hydrogen-bond donors (Lipinski definition) is 2. The number of carbonyl (C=O) groups is 2. The number of carboxylic acid groups (broad SMARTS) is 1. The van der Waals surface area contributed by atoms with Gasteiger partial charge in [0.1, 0.15) is 11.3 Å². The van der Waals surface area contributed by atoms with Gasteiger partial charge in [-0.05, 0) is 37.1 Å². The maximum Gasteiger partial charge on any atom is 0.341 e. The van der Waals surface area contributed by atoms with Crippen LogP contribution >= 0.6 is 0 Å². The molecule has 1 fully saturated rings. The van der Waals surface area contributed by atoms with Gasteiger partial charge in [-0.1, -0.05) is 25.5 Å². The number of rotatable bonds is 6. The summed E-state index contributed by atoms with van der Waals surface area (Å²) < 4.78 is 5.22. The molecule has 2 rings (SSSR count). The highest BCUT2D eigenvalue weighted by atomic mass is 16.5. The first-order valence-corrected chi connectivity index (χ1v) is 7.32. The second-order valence-electron chi connectivity index (χ2n) is 5.28. The summed E-state index contributed by atoms with van der Waals surface area (Å²) in [6, 6.07) is 7.18. The third-order valence-corrected chi connectivity index (χ3v) is 3.85. The Balaban J connectivity index is 2.29. The average molecular weight is 291 g/mol. The zero-order valence-corrected chi connectivity index (χ0v) is 12.2. The summed E-state index contributed by atoms with van der Waals surface area (Å²) in [6.07, 6.45) is 3.27. The third-order valence-electron chi connectivity index (χ3n) is 3.85. The summed E-state index contributed by atoms with van der Waals surface area (Å²) in [6.45, 7) is 2.30. The molecule has 0 radical (unpaired) electrons. The van der Waals surface area contributed by atoms with E-state index in [0.717, 1.165) is 24.8 Å². The predicted octanol–water partition coefficient (Wildman–Crippen LogP) is 2.10. The van der Waals surface area contributed by atoms with Gasteiger partial charge >= 0.3 is 5.97 Å². The van der Waals surface area contributed by atoms with E-state index in [1.165, 1.54) is 0 Å². The van der Waals surface area contributed by atoms with E-state index in [0.29, 0.717) is 18.7 Å². The average Bonchev–Trinajstić information content (AvgIpc) is 2.48. The van der Waals surface area contributed by atoms with Gasteiger partial charge in [0.25, 0.3) is 0 Å². The normalized spacial score (nSPS) is 22.0. The molecule has 5 heteroatoms. The molecule has 1 atom stereocenters. The Kier molecular flexibility index (Phi) is 4.96. The van der Waals surface area contributed by atoms with Crippen molar-refractivity contribution in [2.45, 2.75) is 38.1 Å². The molecule has 5 nitrogen and oxygen atoms in total. The molecule has 21 heavy (non-hydrogen) atoms. The first-order chi connectivity index (χ1) is 10.1. The number of carbonyl (C=O) groups excluding carboxylic acids is 1. The second kappa shape index (κ2) is 6.72. The molecule has 0 amide bonds. The van der Waals surface area contributed by atoms with Crippen molar-refractivity contribution in [1.29, 1.82) is 0 Å². The molecule has 0 heterocycles. The molecule has 1 aliphatic rings. The van der Waals surface area contributed by atoms with E-state index < -0.39 is 11.5 Å². The maximum atomic E-state index is 12.5. The van der Waals surface area contributed by atoms with Crippen LogP contribution in [-0.4, -0.2) is 30.0 Å². The largest absolute Gasteiger partial charge is 0.482 e. The Morgan fingerprint density at radius 1 is 1.43 bits per heavy atom. The van der Waals surface area contributed by atoms with Crippen LogP contribution in [-0.2, 0) is 15.1 Å². The molecule has 1 aromatic rings. The SMILES string of the molecule is CCNC1(c2cccc(OCC(=O)O)c2)CCCCC1=O. The van der Waals surface area contributed by atoms with E-state index in [1.54, 1.807) is 18.2 Å². The highest BCUT2D eigenvalue weighted by Gasteiger charge is 2.40. The summed E-state index contributed by atoms with van der Waals surface area (Å²) in [7, 11) is 0. The van der Waals surface area contributed by atoms with Crippen molar-refractivity contribution in [3.63, 3.8) is 0 Å². The molecule has 114 valence electrons. The monoisotopic (exact) mass is 291 g/mol. The number of nitrogens with one attached hydrogen (secondary N) is 1. The van der Waals surface area contributed by atoms with Gasteiger partial charge < -0.3 is 15.2 Å². The lowest BCUT2D eigenvalue weighted by atomic mass is 9.75. The summed E-state index contributed by atoms with van der Waals surface area (Å²) in [5.41, 5.74) is 0.201. The zero-order chi connectivity index (χ0) is 15.3. The maximum absolute atomic E-state index is 12.5. The van der Waals surface area contributed by atoms with Crippen molar-refractivity contribution < 1.29 is 19.4 Å². The molecule has 0 aliphatic heterocycles. The van der Waals surface area contributed by atoms with Crippen LogP contribution in [0.5, 0.6) is 5.75 Å². The topological polar surface area (TPSA) is 75.6 Å². The Morgan fingerprint density at radius 2 is 2.24 bits per heavy atom. The molecule has 0 aromatic heterocycles. The number of ether oxygens (including phenoxy) is 1. The van der Waals surface area contributed by atoms with Crippen LogP contribution in [0.2, 0.25) is 0 Å². The van der Waals surface area contributed by atoms with Gasteiger partial charge in [0.05, 0.1) is 0 Å². The first-order valence-electron chi connectivity index (χ1n) is 7.32. The number of carboxylic acids is 1. The summed E-state index contributed by atoms with van der Waals surface area (Å²) in [5.74, 6) is -0.341. The quantitative estimate of drug-likeness (QED) is 0.839. The van der Waals surface area contributed by atoms with E-state index in [-0.39, 0.29) is 12.4 Å². The van der Waals surface area contributed by atoms with Gasteiger partial charge in [-0.2, -0.15) is 0 Å². The number of Topliss-reactive ketones (excluding diaryl/α,β-unsaturated/α-hetero) is 1. The Morgan fingerprint density at radius 3 is 2.90 bits per heavy atom. The lowest BCUT2D eigenvalue weighted by molar-refractivity contribution is -0.139. The minimum Gasteiger partial charge on any atom is -0.482 e. The fourth-order valence-electron chi connectivity index (χ4n) is 2.92. The fraction of sp³-hybridized carbons (Fsp3) is 0.500. The standard InChI is InChI=1S/C16H21NO4/c1-2-17-16(9-4-3-8-14(16)18)12-6-5-7-13(10-12)21-11-15(19)20/h5-7,10,17H,2-4,8-9,11H2,1H3,(H,19,20). The summed E-state index contributed by atoms with van der Waals surface area (Å²) >= 11 is 0. The predicted molar refractivity (Wildman–Crippen MR) is 78.4 cm³/mol. The van der Waals surface area contributed by atoms with Gasteiger partial charge in [0.15, 0.2) is 12.4 Å². The molecule has 1 aliphatic carbocycles. The van der Waals surface area contributed by atoms with Gasteiger partial charge in [0, 0.05) is 6.42 Å². The number of hydrogen-bond acceptors (Lipinski definition) is 4. The highest BCUT2D eigenvalue weighted by molar-refractivity contribution is 5.90. The zero-order valence-electron chi connectivity index (χ0n) is 12.2. The number of likely N-dealkylation sites (N-methyl/N-ethyl adjacent to an activating group) is 1. The van der Waals surface area contributed by atoms with Crippen LogP contribution in [0.4, 0.5) is 0 Å². The van der Waals surface area contributed by atoms with Gasteiger partial charge in [0.2, 0.25) is 0 Å². The molecular weight excluding hydrogens is 270 g/mol. The smallest absolute Gasteiger partial charge is 0.341 e. The van der Waals surface area contributed by atoms with Gasteiger partial charge in [-0.3, -0.25) is 4.79 Å². The van der Waals surface area contributed by atoms with Crippen molar-refractivity contribution in [3.05, 3.63) is 29.8 Å². The third kappa shape index (κ3) is 3.42. The molecule has 1 aromatic carbocycles. The van der Waals surface area contributed by atoms with E-state index >= 15 is 0 Å².